The van der Waals surface area contributed by atoms with Gasteiger partial charge in [-0.2, -0.15) is 5.10 Å². The third-order valence-corrected chi connectivity index (χ3v) is 8.24. The largest absolute Gasteiger partial charge is 0.495 e. The Balaban J connectivity index is 1.41. The number of amides is 1. The highest BCUT2D eigenvalue weighted by Crippen LogP contribution is 2.34. The van der Waals surface area contributed by atoms with E-state index in [9.17, 15) is 13.2 Å². The Kier molecular flexibility index (Phi) is 7.31. The molecule has 12 heteroatoms. The molecule has 1 aliphatic heterocycles. The fraction of sp³-hybridized carbons (Fsp3) is 0.259. The molecule has 4 aromatic rings. The van der Waals surface area contributed by atoms with Crippen molar-refractivity contribution in [2.45, 2.75) is 30.3 Å². The quantitative estimate of drug-likeness (QED) is 0.320. The second-order valence-electron chi connectivity index (χ2n) is 9.21. The van der Waals surface area contributed by atoms with Crippen molar-refractivity contribution in [3.8, 4) is 17.0 Å². The van der Waals surface area contributed by atoms with E-state index in [1.807, 2.05) is 28.9 Å². The number of hydrogen-bond acceptors (Lipinski definition) is 8. The summed E-state index contributed by atoms with van der Waals surface area (Å²) in [6.07, 6.45) is 4.41. The first-order valence-corrected chi connectivity index (χ1v) is 13.9. The van der Waals surface area contributed by atoms with Gasteiger partial charge in [-0.15, -0.1) is 0 Å². The molecule has 1 atom stereocenters. The molecule has 5 rings (SSSR count). The van der Waals surface area contributed by atoms with E-state index in [-0.39, 0.29) is 29.1 Å². The summed E-state index contributed by atoms with van der Waals surface area (Å²) in [4.78, 5) is 22.7. The Morgan fingerprint density at radius 1 is 1.21 bits per heavy atom. The van der Waals surface area contributed by atoms with Crippen LogP contribution in [0.2, 0.25) is 0 Å². The number of nitrogens with two attached hydrogens (primary N) is 1. The van der Waals surface area contributed by atoms with Crippen molar-refractivity contribution in [1.82, 2.24) is 29.4 Å². The second kappa shape index (κ2) is 10.8. The molecular formula is C27H29N7O4S. The van der Waals surface area contributed by atoms with Crippen LogP contribution in [0.1, 0.15) is 24.4 Å². The number of anilines is 1. The highest BCUT2D eigenvalue weighted by molar-refractivity contribution is 7.89. The lowest BCUT2D eigenvalue weighted by Crippen LogP contribution is -2.40. The number of fused-ring (bicyclic) bond motifs is 1. The third-order valence-electron chi connectivity index (χ3n) is 6.80. The molecule has 3 N–H and O–H groups in total. The molecule has 1 saturated heterocycles. The van der Waals surface area contributed by atoms with Crippen LogP contribution in [-0.4, -0.2) is 59.2 Å². The number of nitrogens with zero attached hydrogens (tertiary/aromatic N) is 5. The van der Waals surface area contributed by atoms with Gasteiger partial charge in [-0.3, -0.25) is 4.79 Å². The molecule has 0 saturated carbocycles. The molecular weight excluding hydrogens is 518 g/mol. The minimum absolute atomic E-state index is 0.0724. The Bertz CT molecular complexity index is 1630. The summed E-state index contributed by atoms with van der Waals surface area (Å²) < 4.78 is 35.3. The fourth-order valence-electron chi connectivity index (χ4n) is 4.81. The van der Waals surface area contributed by atoms with Crippen molar-refractivity contribution >= 4 is 32.8 Å². The topological polar surface area (TPSA) is 145 Å². The van der Waals surface area contributed by atoms with Crippen LogP contribution in [-0.2, 0) is 21.4 Å². The maximum atomic E-state index is 12.8. The number of para-hydroxylation sites is 1. The molecule has 0 radical (unpaired) electrons. The van der Waals surface area contributed by atoms with Crippen molar-refractivity contribution in [3.05, 3.63) is 73.1 Å². The van der Waals surface area contributed by atoms with Crippen molar-refractivity contribution < 1.29 is 17.9 Å². The molecule has 11 nitrogen and oxygen atoms in total. The number of carbonyl (C=O) groups excluding carboxylic acids is 1. The Morgan fingerprint density at radius 3 is 2.72 bits per heavy atom. The lowest BCUT2D eigenvalue weighted by molar-refractivity contribution is -0.127. The number of piperidine rings is 1. The van der Waals surface area contributed by atoms with Crippen LogP contribution in [0.25, 0.3) is 22.3 Å². The molecule has 202 valence electrons. The van der Waals surface area contributed by atoms with Crippen LogP contribution >= 0.6 is 0 Å². The van der Waals surface area contributed by atoms with Gasteiger partial charge >= 0.3 is 0 Å². The van der Waals surface area contributed by atoms with Crippen LogP contribution < -0.4 is 15.2 Å². The van der Waals surface area contributed by atoms with E-state index in [1.54, 1.807) is 23.1 Å². The Morgan fingerprint density at radius 2 is 1.97 bits per heavy atom. The van der Waals surface area contributed by atoms with Crippen LogP contribution in [0.4, 0.5) is 5.82 Å². The van der Waals surface area contributed by atoms with Crippen LogP contribution in [0, 0.1) is 0 Å². The highest BCUT2D eigenvalue weighted by Gasteiger charge is 2.28. The van der Waals surface area contributed by atoms with Crippen LogP contribution in [0.3, 0.4) is 0 Å². The summed E-state index contributed by atoms with van der Waals surface area (Å²) in [7, 11) is -2.35. The minimum atomic E-state index is -3.78. The fourth-order valence-corrected chi connectivity index (χ4v) is 6.00. The maximum Gasteiger partial charge on any atom is 0.246 e. The number of methoxy groups -OCH3 is 1. The molecule has 3 heterocycles. The van der Waals surface area contributed by atoms with Gasteiger partial charge in [0, 0.05) is 25.2 Å². The van der Waals surface area contributed by atoms with E-state index in [0.29, 0.717) is 35.6 Å². The zero-order valence-electron chi connectivity index (χ0n) is 21.4. The molecule has 0 unspecified atom stereocenters. The van der Waals surface area contributed by atoms with E-state index < -0.39 is 10.0 Å². The first kappa shape index (κ1) is 26.3. The van der Waals surface area contributed by atoms with Crippen LogP contribution in [0.5, 0.6) is 5.75 Å². The average molecular weight is 548 g/mol. The summed E-state index contributed by atoms with van der Waals surface area (Å²) in [5.74, 6) is 0.477. The van der Waals surface area contributed by atoms with E-state index in [1.165, 1.54) is 25.6 Å². The number of rotatable bonds is 8. The van der Waals surface area contributed by atoms with Crippen molar-refractivity contribution in [3.63, 3.8) is 0 Å². The first-order chi connectivity index (χ1) is 18.8. The molecule has 1 fully saturated rings. The van der Waals surface area contributed by atoms with Gasteiger partial charge < -0.3 is 15.4 Å². The number of nitrogen functional groups attached to an aromatic ring is 1. The number of ether oxygens (including phenoxy) is 1. The summed E-state index contributed by atoms with van der Waals surface area (Å²) in [6, 6.07) is 13.8. The first-order valence-electron chi connectivity index (χ1n) is 12.4. The summed E-state index contributed by atoms with van der Waals surface area (Å²) >= 11 is 0. The van der Waals surface area contributed by atoms with Gasteiger partial charge in [-0.05, 0) is 36.6 Å². The van der Waals surface area contributed by atoms with Gasteiger partial charge in [0.2, 0.25) is 15.9 Å². The summed E-state index contributed by atoms with van der Waals surface area (Å²) in [5.41, 5.74) is 9.04. The maximum absolute atomic E-state index is 12.8. The summed E-state index contributed by atoms with van der Waals surface area (Å²) in [5, 5.41) is 5.52. The number of hydrogen-bond donors (Lipinski definition) is 2. The van der Waals surface area contributed by atoms with E-state index in [4.69, 9.17) is 15.6 Å². The molecule has 1 amide bonds. The molecule has 2 aromatic carbocycles. The Labute approximate surface area is 226 Å². The smallest absolute Gasteiger partial charge is 0.246 e. The van der Waals surface area contributed by atoms with Gasteiger partial charge in [0.25, 0.3) is 0 Å². The molecule has 1 aliphatic rings. The van der Waals surface area contributed by atoms with Crippen molar-refractivity contribution in [1.29, 1.82) is 0 Å². The van der Waals surface area contributed by atoms with Crippen molar-refractivity contribution in [2.24, 2.45) is 0 Å². The van der Waals surface area contributed by atoms with Gasteiger partial charge in [-0.25, -0.2) is 27.8 Å². The molecule has 0 spiro atoms. The SMILES string of the molecule is C=CC(=O)N1CCC[C@@H](n2nc(-c3ccc(CNS(=O)(=O)c4ccccc4OC)cc3)c3c(N)ncnc32)C1. The lowest BCUT2D eigenvalue weighted by atomic mass is 10.1. The zero-order chi connectivity index (χ0) is 27.6. The van der Waals surface area contributed by atoms with Gasteiger partial charge in [-0.1, -0.05) is 43.0 Å². The van der Waals surface area contributed by atoms with E-state index >= 15 is 0 Å². The molecule has 0 aliphatic carbocycles. The van der Waals surface area contributed by atoms with Gasteiger partial charge in [0.15, 0.2) is 5.65 Å². The standard InChI is InChI=1S/C27H29N7O4S/c1-3-23(35)33-14-6-7-20(16-33)34-27-24(26(28)29-17-30-27)25(32-34)19-12-10-18(11-13-19)15-31-39(36,37)22-9-5-4-8-21(22)38-2/h3-5,8-13,17,20,31H,1,6-7,14-16H2,2H3,(H2,28,29,30)/t20-/m1/s1. The monoisotopic (exact) mass is 547 g/mol. The summed E-state index contributed by atoms with van der Waals surface area (Å²) in [6.45, 7) is 4.86. The van der Waals surface area contributed by atoms with E-state index in [0.717, 1.165) is 24.0 Å². The van der Waals surface area contributed by atoms with E-state index in [2.05, 4.69) is 21.3 Å². The van der Waals surface area contributed by atoms with Gasteiger partial charge in [0.1, 0.15) is 28.5 Å². The lowest BCUT2D eigenvalue weighted by Gasteiger charge is -2.32. The predicted molar refractivity (Wildman–Crippen MR) is 147 cm³/mol. The normalized spacial score (nSPS) is 15.8. The Hall–Kier alpha value is -4.29. The predicted octanol–water partition coefficient (Wildman–Crippen LogP) is 2.91. The zero-order valence-corrected chi connectivity index (χ0v) is 22.3. The number of sulfonamides is 1. The average Bonchev–Trinajstić information content (AvgIpc) is 3.37. The van der Waals surface area contributed by atoms with Crippen LogP contribution in [0.15, 0.2) is 72.4 Å². The third kappa shape index (κ3) is 5.20. The number of nitrogens with one attached hydrogen (secondary N) is 1. The number of aromatic nitrogens is 4. The number of likely N-dealkylation sites (tertiary alicyclic amines) is 1. The van der Waals surface area contributed by atoms with Gasteiger partial charge in [0.05, 0.1) is 18.5 Å². The molecule has 0 bridgehead atoms. The number of benzene rings is 2. The van der Waals surface area contributed by atoms with Crippen molar-refractivity contribution in [2.75, 3.05) is 25.9 Å². The minimum Gasteiger partial charge on any atom is -0.495 e. The second-order valence-corrected chi connectivity index (χ2v) is 10.9. The number of carbonyl (C=O) groups is 1. The molecule has 2 aromatic heterocycles. The highest BCUT2D eigenvalue weighted by atomic mass is 32.2. The molecule has 39 heavy (non-hydrogen) atoms.